The highest BCUT2D eigenvalue weighted by Crippen LogP contribution is 2.36. The number of hydrogen-bond acceptors (Lipinski definition) is 4. The molecule has 110 valence electrons. The highest BCUT2D eigenvalue weighted by Gasteiger charge is 2.43. The molecule has 2 bridgehead atoms. The minimum atomic E-state index is -0.0915. The second kappa shape index (κ2) is 4.46. The Labute approximate surface area is 122 Å². The number of nitrogens with two attached hydrogens (primary N) is 1. The first kappa shape index (κ1) is 12.6. The molecule has 1 saturated heterocycles. The number of rotatable bonds is 2. The molecule has 1 aromatic heterocycles. The van der Waals surface area contributed by atoms with E-state index in [1.165, 1.54) is 6.42 Å². The van der Waals surface area contributed by atoms with Crippen molar-refractivity contribution in [3.8, 4) is 0 Å². The third kappa shape index (κ3) is 1.98. The second-order valence-electron chi connectivity index (χ2n) is 6.28. The molecule has 6 nitrogen and oxygen atoms in total. The van der Waals surface area contributed by atoms with Crippen LogP contribution in [-0.4, -0.2) is 46.7 Å². The third-order valence-corrected chi connectivity index (χ3v) is 4.93. The number of carbonyl (C=O) groups is 1. The number of benzene rings is 1. The Morgan fingerprint density at radius 2 is 2.33 bits per heavy atom. The predicted molar refractivity (Wildman–Crippen MR) is 80.9 cm³/mol. The zero-order valence-corrected chi connectivity index (χ0v) is 12.0. The van der Waals surface area contributed by atoms with Crippen LogP contribution in [-0.2, 0) is 0 Å². The molecule has 1 aliphatic carbocycles. The molecule has 3 unspecified atom stereocenters. The van der Waals surface area contributed by atoms with Gasteiger partial charge in [-0.05, 0) is 44.0 Å². The van der Waals surface area contributed by atoms with Gasteiger partial charge < -0.3 is 16.0 Å². The fourth-order valence-electron chi connectivity index (χ4n) is 3.80. The molecule has 1 aromatic carbocycles. The summed E-state index contributed by atoms with van der Waals surface area (Å²) in [5.74, 6) is 0.482. The number of likely N-dealkylation sites (tertiary alicyclic amines) is 1. The number of anilines is 1. The first-order valence-corrected chi connectivity index (χ1v) is 7.36. The van der Waals surface area contributed by atoms with Crippen molar-refractivity contribution in [3.63, 3.8) is 0 Å². The van der Waals surface area contributed by atoms with Crippen LogP contribution in [0.25, 0.3) is 10.9 Å². The van der Waals surface area contributed by atoms with Crippen molar-refractivity contribution in [2.45, 2.75) is 24.9 Å². The summed E-state index contributed by atoms with van der Waals surface area (Å²) in [7, 11) is 2.16. The SMILES string of the molecule is CN1CC2CC1CC2NC(=O)c1n[nH]c2cc(N)ccc12. The van der Waals surface area contributed by atoms with Crippen LogP contribution in [0.3, 0.4) is 0 Å². The molecule has 1 amide bonds. The lowest BCUT2D eigenvalue weighted by molar-refractivity contribution is 0.0909. The fourth-order valence-corrected chi connectivity index (χ4v) is 3.80. The summed E-state index contributed by atoms with van der Waals surface area (Å²) in [6.07, 6.45) is 2.24. The lowest BCUT2D eigenvalue weighted by Gasteiger charge is -2.28. The topological polar surface area (TPSA) is 87.0 Å². The van der Waals surface area contributed by atoms with Crippen LogP contribution in [0.1, 0.15) is 23.3 Å². The van der Waals surface area contributed by atoms with E-state index in [2.05, 4.69) is 27.5 Å². The number of fused-ring (bicyclic) bond motifs is 3. The Morgan fingerprint density at radius 3 is 3.05 bits per heavy atom. The maximum atomic E-state index is 12.5. The van der Waals surface area contributed by atoms with Gasteiger partial charge in [0.05, 0.1) is 5.52 Å². The molecule has 2 aliphatic rings. The number of amides is 1. The van der Waals surface area contributed by atoms with Gasteiger partial charge in [-0.3, -0.25) is 9.89 Å². The van der Waals surface area contributed by atoms with Crippen molar-refractivity contribution in [2.24, 2.45) is 5.92 Å². The quantitative estimate of drug-likeness (QED) is 0.717. The molecule has 2 aromatic rings. The third-order valence-electron chi connectivity index (χ3n) is 4.93. The number of piperidine rings is 1. The van der Waals surface area contributed by atoms with Crippen molar-refractivity contribution < 1.29 is 4.79 Å². The summed E-state index contributed by atoms with van der Waals surface area (Å²) in [6, 6.07) is 6.33. The smallest absolute Gasteiger partial charge is 0.272 e. The maximum absolute atomic E-state index is 12.5. The monoisotopic (exact) mass is 285 g/mol. The first-order chi connectivity index (χ1) is 10.1. The molecule has 6 heteroatoms. The molecule has 0 spiro atoms. The van der Waals surface area contributed by atoms with E-state index in [-0.39, 0.29) is 11.9 Å². The summed E-state index contributed by atoms with van der Waals surface area (Å²) < 4.78 is 0. The van der Waals surface area contributed by atoms with E-state index < -0.39 is 0 Å². The van der Waals surface area contributed by atoms with Crippen LogP contribution >= 0.6 is 0 Å². The van der Waals surface area contributed by atoms with E-state index in [1.807, 2.05) is 6.07 Å². The normalized spacial score (nSPS) is 28.3. The summed E-state index contributed by atoms with van der Waals surface area (Å²) in [6.45, 7) is 1.08. The molecule has 4 N–H and O–H groups in total. The number of carbonyl (C=O) groups excluding carboxylic acids is 1. The van der Waals surface area contributed by atoms with E-state index in [0.29, 0.717) is 23.3 Å². The number of aromatic amines is 1. The Bertz CT molecular complexity index is 707. The van der Waals surface area contributed by atoms with Crippen molar-refractivity contribution in [1.29, 1.82) is 0 Å². The lowest BCUT2D eigenvalue weighted by atomic mass is 10.0. The minimum absolute atomic E-state index is 0.0915. The van der Waals surface area contributed by atoms with E-state index in [0.717, 1.165) is 23.9 Å². The van der Waals surface area contributed by atoms with Crippen molar-refractivity contribution >= 4 is 22.5 Å². The van der Waals surface area contributed by atoms with Gasteiger partial charge in [0.15, 0.2) is 5.69 Å². The first-order valence-electron chi connectivity index (χ1n) is 7.36. The molecule has 0 radical (unpaired) electrons. The molecule has 4 rings (SSSR count). The van der Waals surface area contributed by atoms with Crippen molar-refractivity contribution in [2.75, 3.05) is 19.3 Å². The molecule has 2 fully saturated rings. The van der Waals surface area contributed by atoms with Gasteiger partial charge in [0.1, 0.15) is 0 Å². The highest BCUT2D eigenvalue weighted by molar-refractivity contribution is 6.05. The van der Waals surface area contributed by atoms with Gasteiger partial charge in [-0.1, -0.05) is 0 Å². The summed E-state index contributed by atoms with van der Waals surface area (Å²) in [4.78, 5) is 14.9. The summed E-state index contributed by atoms with van der Waals surface area (Å²) in [5, 5.41) is 11.0. The molecule has 2 heterocycles. The average molecular weight is 285 g/mol. The lowest BCUT2D eigenvalue weighted by Crippen LogP contribution is -2.44. The highest BCUT2D eigenvalue weighted by atomic mass is 16.2. The van der Waals surface area contributed by atoms with Gasteiger partial charge in [0.25, 0.3) is 5.91 Å². The van der Waals surface area contributed by atoms with Crippen LogP contribution in [0, 0.1) is 5.92 Å². The van der Waals surface area contributed by atoms with Gasteiger partial charge in [-0.25, -0.2) is 0 Å². The standard InChI is InChI=1S/C15H19N5O/c1-20-7-8-4-10(20)6-12(8)17-15(21)14-11-3-2-9(16)5-13(11)18-19-14/h2-3,5,8,10,12H,4,6-7,16H2,1H3,(H,17,21)(H,18,19). The van der Waals surface area contributed by atoms with Gasteiger partial charge in [0, 0.05) is 29.7 Å². The Balaban J connectivity index is 1.55. The van der Waals surface area contributed by atoms with E-state index in [9.17, 15) is 4.79 Å². The van der Waals surface area contributed by atoms with E-state index >= 15 is 0 Å². The Hall–Kier alpha value is -2.08. The predicted octanol–water partition coefficient (Wildman–Crippen LogP) is 0.968. The molecule has 3 atom stereocenters. The molecular weight excluding hydrogens is 266 g/mol. The minimum Gasteiger partial charge on any atom is -0.399 e. The van der Waals surface area contributed by atoms with Gasteiger partial charge >= 0.3 is 0 Å². The zero-order chi connectivity index (χ0) is 14.6. The maximum Gasteiger partial charge on any atom is 0.272 e. The number of aromatic nitrogens is 2. The van der Waals surface area contributed by atoms with Crippen molar-refractivity contribution in [3.05, 3.63) is 23.9 Å². The van der Waals surface area contributed by atoms with Gasteiger partial charge in [-0.15, -0.1) is 0 Å². The summed E-state index contributed by atoms with van der Waals surface area (Å²) in [5.41, 5.74) is 7.66. The zero-order valence-electron chi connectivity index (χ0n) is 12.0. The molecular formula is C15H19N5O. The number of hydrogen-bond donors (Lipinski definition) is 3. The average Bonchev–Trinajstić information content (AvgIpc) is 3.11. The number of H-pyrrole nitrogens is 1. The van der Waals surface area contributed by atoms with Crippen LogP contribution in [0.5, 0.6) is 0 Å². The Kier molecular flexibility index (Phi) is 2.68. The van der Waals surface area contributed by atoms with Crippen LogP contribution in [0.2, 0.25) is 0 Å². The van der Waals surface area contributed by atoms with Gasteiger partial charge in [-0.2, -0.15) is 5.10 Å². The largest absolute Gasteiger partial charge is 0.399 e. The fraction of sp³-hybridized carbons (Fsp3) is 0.467. The van der Waals surface area contributed by atoms with Crippen LogP contribution in [0.15, 0.2) is 18.2 Å². The molecule has 21 heavy (non-hydrogen) atoms. The number of nitrogen functional groups attached to an aromatic ring is 1. The number of nitrogens with one attached hydrogen (secondary N) is 2. The van der Waals surface area contributed by atoms with Crippen LogP contribution in [0.4, 0.5) is 5.69 Å². The summed E-state index contributed by atoms with van der Waals surface area (Å²) >= 11 is 0. The van der Waals surface area contributed by atoms with Crippen LogP contribution < -0.4 is 11.1 Å². The van der Waals surface area contributed by atoms with E-state index in [4.69, 9.17) is 5.73 Å². The second-order valence-corrected chi connectivity index (χ2v) is 6.28. The Morgan fingerprint density at radius 1 is 1.48 bits per heavy atom. The van der Waals surface area contributed by atoms with Crippen molar-refractivity contribution in [1.82, 2.24) is 20.4 Å². The van der Waals surface area contributed by atoms with Gasteiger partial charge in [0.2, 0.25) is 0 Å². The molecule has 1 saturated carbocycles. The molecule has 1 aliphatic heterocycles. The van der Waals surface area contributed by atoms with E-state index in [1.54, 1.807) is 12.1 Å². The number of nitrogens with zero attached hydrogens (tertiary/aromatic N) is 2.